The first-order chi connectivity index (χ1) is 12.8. The molecule has 8 nitrogen and oxygen atoms in total. The van der Waals surface area contributed by atoms with E-state index in [0.29, 0.717) is 44.3 Å². The summed E-state index contributed by atoms with van der Waals surface area (Å²) in [6.07, 6.45) is 0. The molecule has 0 aliphatic heterocycles. The highest BCUT2D eigenvalue weighted by molar-refractivity contribution is 5.70. The minimum atomic E-state index is -0.394. The third-order valence-electron chi connectivity index (χ3n) is 4.19. The van der Waals surface area contributed by atoms with Crippen LogP contribution in [0.1, 0.15) is 11.1 Å². The molecule has 0 aliphatic rings. The van der Waals surface area contributed by atoms with Gasteiger partial charge in [-0.3, -0.25) is 20.2 Å². The van der Waals surface area contributed by atoms with Crippen LogP contribution in [0.25, 0.3) is 11.1 Å². The molecule has 0 fully saturated rings. The molecule has 0 amide bonds. The molecule has 2 aromatic carbocycles. The molecule has 2 aromatic rings. The van der Waals surface area contributed by atoms with Crippen LogP contribution in [0.5, 0.6) is 0 Å². The minimum absolute atomic E-state index is 0. The fourth-order valence-electron chi connectivity index (χ4n) is 3.12. The molecule has 0 radical (unpaired) electrons. The van der Waals surface area contributed by atoms with Gasteiger partial charge in [-0.25, -0.2) is 0 Å². The van der Waals surface area contributed by atoms with Gasteiger partial charge in [0.1, 0.15) is 13.1 Å². The van der Waals surface area contributed by atoms with Crippen molar-refractivity contribution in [3.8, 4) is 11.1 Å². The molecule has 0 aromatic heterocycles. The smallest absolute Gasteiger partial charge is 0.278 e. The molecule has 0 saturated heterocycles. The summed E-state index contributed by atoms with van der Waals surface area (Å²) in [6, 6.07) is 10.1. The van der Waals surface area contributed by atoms with Crippen molar-refractivity contribution < 1.29 is 66.8 Å². The molecule has 0 spiro atoms. The average Bonchev–Trinajstić information content (AvgIpc) is 2.52. The molecule has 30 heavy (non-hydrogen) atoms. The highest BCUT2D eigenvalue weighted by Gasteiger charge is 2.23. The van der Waals surface area contributed by atoms with Gasteiger partial charge < -0.3 is 56.9 Å². The zero-order valence-corrected chi connectivity index (χ0v) is 22.4. The first-order valence-corrected chi connectivity index (χ1v) is 8.93. The molecule has 0 unspecified atom stereocenters. The summed E-state index contributed by atoms with van der Waals surface area (Å²) in [5.41, 5.74) is 2.52. The van der Waals surface area contributed by atoms with Gasteiger partial charge in [0, 0.05) is 12.1 Å². The second kappa shape index (κ2) is 10.8. The Labute approximate surface area is 211 Å². The number of nitrogens with zero attached hydrogens (tertiary/aromatic N) is 4. The Kier molecular flexibility index (Phi) is 10.3. The lowest BCUT2D eigenvalue weighted by Gasteiger charge is -2.24. The Morgan fingerprint density at radius 2 is 0.967 bits per heavy atom. The summed E-state index contributed by atoms with van der Waals surface area (Å²) < 4.78 is 1.12. The summed E-state index contributed by atoms with van der Waals surface area (Å²) in [5.74, 6) is 0. The van der Waals surface area contributed by atoms with Gasteiger partial charge in [0.05, 0.1) is 63.3 Å². The zero-order valence-electron chi connectivity index (χ0n) is 18.1. The third kappa shape index (κ3) is 8.04. The fraction of sp³-hybridized carbons (Fsp3) is 0.400. The Bertz CT molecular complexity index is 846. The quantitative estimate of drug-likeness (QED) is 0.146. The van der Waals surface area contributed by atoms with E-state index < -0.39 is 9.85 Å². The van der Waals surface area contributed by atoms with E-state index in [-0.39, 0.29) is 59.3 Å². The van der Waals surface area contributed by atoms with Gasteiger partial charge in [0.25, 0.3) is 11.4 Å². The van der Waals surface area contributed by atoms with Crippen LogP contribution in [0, 0.1) is 20.2 Å². The molecule has 10 heteroatoms. The van der Waals surface area contributed by atoms with E-state index in [1.165, 1.54) is 12.1 Å². The van der Waals surface area contributed by atoms with E-state index in [0.717, 1.165) is 0 Å². The molecule has 2 rings (SSSR count). The van der Waals surface area contributed by atoms with Gasteiger partial charge in [-0.2, -0.15) is 0 Å². The van der Waals surface area contributed by atoms with Crippen LogP contribution in [0.2, 0.25) is 0 Å². The van der Waals surface area contributed by atoms with Gasteiger partial charge in [-0.1, -0.05) is 12.1 Å². The molecule has 0 heterocycles. The topological polar surface area (TPSA) is 86.3 Å². The second-order valence-corrected chi connectivity index (χ2v) is 9.10. The summed E-state index contributed by atoms with van der Waals surface area (Å²) in [4.78, 5) is 22.3. The molecule has 0 atom stereocenters. The summed E-state index contributed by atoms with van der Waals surface area (Å²) in [6.45, 7) is 1.03. The number of rotatable bonds is 7. The number of halogens is 2. The second-order valence-electron chi connectivity index (χ2n) is 9.10. The van der Waals surface area contributed by atoms with Crippen LogP contribution in [0.15, 0.2) is 36.4 Å². The standard InChI is InChI=1S/C20H28N4O4.2HI/c1-23(2,3)13-17-9-7-15(11-19(17)21(25)26)16-8-10-18(14-24(4,5)6)20(12-16)22(27)28;;/h7-12H,13-14H2,1-6H3;2*1H/q+2;;/p-2. The van der Waals surface area contributed by atoms with E-state index in [1.807, 2.05) is 42.3 Å². The van der Waals surface area contributed by atoms with Crippen molar-refractivity contribution in [2.24, 2.45) is 0 Å². The van der Waals surface area contributed by atoms with E-state index >= 15 is 0 Å². The van der Waals surface area contributed by atoms with Crippen LogP contribution in [0.4, 0.5) is 11.4 Å². The van der Waals surface area contributed by atoms with Crippen molar-refractivity contribution in [1.82, 2.24) is 0 Å². The van der Waals surface area contributed by atoms with Crippen LogP contribution in [0.3, 0.4) is 0 Å². The first-order valence-electron chi connectivity index (χ1n) is 8.93. The SMILES string of the molecule is C[N+](C)(C)Cc1ccc(-c2ccc(C[N+](C)(C)C)c([N+](=O)[O-])c2)cc1[N+](=O)[O-].[I-].[I-]. The Morgan fingerprint density at radius 3 is 1.20 bits per heavy atom. The third-order valence-corrected chi connectivity index (χ3v) is 4.19. The lowest BCUT2D eigenvalue weighted by molar-refractivity contribution is -0.884. The minimum Gasteiger partial charge on any atom is -1.00 e. The summed E-state index contributed by atoms with van der Waals surface area (Å²) >= 11 is 0. The fourth-order valence-corrected chi connectivity index (χ4v) is 3.12. The van der Waals surface area contributed by atoms with Crippen LogP contribution in [-0.2, 0) is 13.1 Å². The molecule has 0 N–H and O–H groups in total. The highest BCUT2D eigenvalue weighted by atomic mass is 127. The number of quaternary nitrogens is 2. The predicted octanol–water partition coefficient (Wildman–Crippen LogP) is -2.41. The molecule has 0 bridgehead atoms. The Hall–Kier alpha value is -1.38. The Balaban J connectivity index is 0.00000420. The lowest BCUT2D eigenvalue weighted by Crippen LogP contribution is -3.00. The van der Waals surface area contributed by atoms with Gasteiger partial charge in [0.2, 0.25) is 0 Å². The van der Waals surface area contributed by atoms with Crippen LogP contribution in [-0.4, -0.2) is 61.1 Å². The predicted molar refractivity (Wildman–Crippen MR) is 109 cm³/mol. The monoisotopic (exact) mass is 642 g/mol. The van der Waals surface area contributed by atoms with Gasteiger partial charge in [-0.05, 0) is 23.3 Å². The summed E-state index contributed by atoms with van der Waals surface area (Å²) in [5, 5.41) is 23.1. The summed E-state index contributed by atoms with van der Waals surface area (Å²) in [7, 11) is 11.8. The van der Waals surface area contributed by atoms with E-state index in [4.69, 9.17) is 0 Å². The number of benzene rings is 2. The molecule has 0 saturated carbocycles. The lowest BCUT2D eigenvalue weighted by atomic mass is 9.99. The first kappa shape index (κ1) is 28.6. The van der Waals surface area contributed by atoms with E-state index in [9.17, 15) is 20.2 Å². The van der Waals surface area contributed by atoms with Gasteiger partial charge in [0.15, 0.2) is 0 Å². The van der Waals surface area contributed by atoms with Crippen molar-refractivity contribution in [3.05, 3.63) is 67.8 Å². The number of nitro groups is 2. The van der Waals surface area contributed by atoms with Crippen molar-refractivity contribution in [2.75, 3.05) is 42.3 Å². The van der Waals surface area contributed by atoms with Crippen LogP contribution < -0.4 is 48.0 Å². The number of hydrogen-bond acceptors (Lipinski definition) is 4. The van der Waals surface area contributed by atoms with Crippen molar-refractivity contribution in [3.63, 3.8) is 0 Å². The molecule has 166 valence electrons. The van der Waals surface area contributed by atoms with Crippen molar-refractivity contribution >= 4 is 11.4 Å². The number of nitro benzene ring substituents is 2. The zero-order chi connectivity index (χ0) is 21.3. The van der Waals surface area contributed by atoms with Gasteiger partial charge >= 0.3 is 0 Å². The van der Waals surface area contributed by atoms with E-state index in [1.54, 1.807) is 24.3 Å². The largest absolute Gasteiger partial charge is 1.00 e. The van der Waals surface area contributed by atoms with Gasteiger partial charge in [-0.15, -0.1) is 0 Å². The normalized spacial score (nSPS) is 11.3. The molecular formula is C20H28I2N4O4. The highest BCUT2D eigenvalue weighted by Crippen LogP contribution is 2.32. The Morgan fingerprint density at radius 1 is 0.667 bits per heavy atom. The van der Waals surface area contributed by atoms with Crippen LogP contribution >= 0.6 is 0 Å². The molecular weight excluding hydrogens is 614 g/mol. The average molecular weight is 642 g/mol. The van der Waals surface area contributed by atoms with Crippen molar-refractivity contribution in [1.29, 1.82) is 0 Å². The maximum atomic E-state index is 11.6. The maximum absolute atomic E-state index is 11.6. The molecule has 0 aliphatic carbocycles. The maximum Gasteiger partial charge on any atom is 0.278 e. The number of hydrogen-bond donors (Lipinski definition) is 0. The van der Waals surface area contributed by atoms with E-state index in [2.05, 4.69) is 0 Å². The van der Waals surface area contributed by atoms with Crippen molar-refractivity contribution in [2.45, 2.75) is 13.1 Å².